The van der Waals surface area contributed by atoms with Gasteiger partial charge in [-0.3, -0.25) is 0 Å². The summed E-state index contributed by atoms with van der Waals surface area (Å²) in [4.78, 5) is 3.75. The molecule has 0 spiro atoms. The van der Waals surface area contributed by atoms with E-state index in [9.17, 15) is 0 Å². The normalized spacial score (nSPS) is 13.8. The second-order valence-electron chi connectivity index (χ2n) is 11.8. The quantitative estimate of drug-likeness (QED) is 0.195. The molecule has 0 fully saturated rings. The summed E-state index contributed by atoms with van der Waals surface area (Å²) in [6.45, 7) is 0. The lowest BCUT2D eigenvalue weighted by Gasteiger charge is -2.28. The van der Waals surface area contributed by atoms with Crippen LogP contribution < -0.4 is 10.2 Å². The predicted octanol–water partition coefficient (Wildman–Crippen LogP) is 13.1. The molecular weight excluding hydrogens is 609 g/mol. The highest BCUT2D eigenvalue weighted by Crippen LogP contribution is 2.58. The number of anilines is 4. The fraction of sp³-hybridized carbons (Fsp3) is 0.0233. The van der Waals surface area contributed by atoms with Crippen molar-refractivity contribution in [3.05, 3.63) is 175 Å². The summed E-state index contributed by atoms with van der Waals surface area (Å²) < 4.78 is 2.59. The number of thioether (sulfide) groups is 1. The van der Waals surface area contributed by atoms with Crippen molar-refractivity contribution in [1.29, 1.82) is 0 Å². The SMILES string of the molecule is c1ccc(-c2ccc(N(c3ccc(-c4ccccc4)cc3)c3c4c(cc5sc6ccccc6c35)NC(c3ccccc3)S4)cc2)cc1. The van der Waals surface area contributed by atoms with Crippen molar-refractivity contribution in [2.75, 3.05) is 10.2 Å². The first kappa shape index (κ1) is 28.0. The van der Waals surface area contributed by atoms with Crippen LogP contribution in [0, 0.1) is 0 Å². The molecule has 8 aromatic rings. The zero-order valence-electron chi connectivity index (χ0n) is 25.5. The third-order valence-corrected chi connectivity index (χ3v) is 11.3. The molecule has 0 amide bonds. The summed E-state index contributed by atoms with van der Waals surface area (Å²) >= 11 is 3.78. The van der Waals surface area contributed by atoms with Gasteiger partial charge in [0.1, 0.15) is 5.37 Å². The molecule has 1 N–H and O–H groups in total. The average Bonchev–Trinajstić information content (AvgIpc) is 3.75. The molecule has 224 valence electrons. The van der Waals surface area contributed by atoms with Crippen LogP contribution in [-0.4, -0.2) is 0 Å². The first-order chi connectivity index (χ1) is 23.3. The third kappa shape index (κ3) is 5.07. The van der Waals surface area contributed by atoms with Gasteiger partial charge in [-0.25, -0.2) is 0 Å². The van der Waals surface area contributed by atoms with E-state index in [0.717, 1.165) is 11.4 Å². The summed E-state index contributed by atoms with van der Waals surface area (Å²) in [5.74, 6) is 0. The number of thiophene rings is 1. The fourth-order valence-electron chi connectivity index (χ4n) is 6.63. The Bertz CT molecular complexity index is 2250. The van der Waals surface area contributed by atoms with E-state index in [2.05, 4.69) is 180 Å². The number of benzene rings is 7. The zero-order chi connectivity index (χ0) is 31.2. The van der Waals surface area contributed by atoms with Crippen molar-refractivity contribution in [2.24, 2.45) is 0 Å². The van der Waals surface area contributed by atoms with E-state index in [1.165, 1.54) is 64.3 Å². The number of nitrogens with one attached hydrogen (secondary N) is 1. The Balaban J connectivity index is 1.27. The Morgan fingerprint density at radius 3 is 1.60 bits per heavy atom. The minimum absolute atomic E-state index is 0.135. The summed E-state index contributed by atoms with van der Waals surface area (Å²) in [7, 11) is 0. The maximum atomic E-state index is 3.89. The molecule has 4 heteroatoms. The van der Waals surface area contributed by atoms with Crippen LogP contribution in [0.3, 0.4) is 0 Å². The van der Waals surface area contributed by atoms with E-state index in [1.54, 1.807) is 0 Å². The van der Waals surface area contributed by atoms with Gasteiger partial charge < -0.3 is 10.2 Å². The molecule has 1 aliphatic rings. The first-order valence-corrected chi connectivity index (χ1v) is 17.6. The van der Waals surface area contributed by atoms with Gasteiger partial charge in [-0.05, 0) is 64.2 Å². The molecule has 0 aliphatic carbocycles. The second kappa shape index (κ2) is 11.8. The van der Waals surface area contributed by atoms with Gasteiger partial charge in [-0.2, -0.15) is 0 Å². The smallest absolute Gasteiger partial charge is 0.103 e. The van der Waals surface area contributed by atoms with E-state index >= 15 is 0 Å². The summed E-state index contributed by atoms with van der Waals surface area (Å²) in [6.07, 6.45) is 0. The highest BCUT2D eigenvalue weighted by molar-refractivity contribution is 8.00. The number of hydrogen-bond donors (Lipinski definition) is 1. The van der Waals surface area contributed by atoms with E-state index in [-0.39, 0.29) is 5.37 Å². The van der Waals surface area contributed by atoms with Gasteiger partial charge in [0, 0.05) is 31.5 Å². The Hall–Kier alpha value is -5.29. The minimum atomic E-state index is 0.135. The lowest BCUT2D eigenvalue weighted by Crippen LogP contribution is -2.11. The zero-order valence-corrected chi connectivity index (χ0v) is 27.1. The molecule has 47 heavy (non-hydrogen) atoms. The van der Waals surface area contributed by atoms with E-state index in [1.807, 2.05) is 23.1 Å². The Morgan fingerprint density at radius 1 is 0.489 bits per heavy atom. The molecule has 1 aromatic heterocycles. The maximum Gasteiger partial charge on any atom is 0.103 e. The molecule has 2 nitrogen and oxygen atoms in total. The monoisotopic (exact) mass is 638 g/mol. The van der Waals surface area contributed by atoms with Crippen LogP contribution >= 0.6 is 23.1 Å². The van der Waals surface area contributed by atoms with Gasteiger partial charge in [0.25, 0.3) is 0 Å². The van der Waals surface area contributed by atoms with Crippen LogP contribution in [0.2, 0.25) is 0 Å². The van der Waals surface area contributed by atoms with Gasteiger partial charge in [0.05, 0.1) is 16.3 Å². The van der Waals surface area contributed by atoms with Crippen molar-refractivity contribution in [3.8, 4) is 22.3 Å². The largest absolute Gasteiger partial charge is 0.368 e. The van der Waals surface area contributed by atoms with Crippen LogP contribution in [0.15, 0.2) is 175 Å². The molecule has 1 aliphatic heterocycles. The predicted molar refractivity (Wildman–Crippen MR) is 204 cm³/mol. The number of fused-ring (bicyclic) bond motifs is 4. The van der Waals surface area contributed by atoms with Crippen LogP contribution in [-0.2, 0) is 0 Å². The van der Waals surface area contributed by atoms with Crippen molar-refractivity contribution in [3.63, 3.8) is 0 Å². The number of rotatable bonds is 6. The standard InChI is InChI=1S/C43H30N2S2/c1-4-12-29(13-5-1)31-20-24-34(25-21-31)45(35-26-22-32(23-27-35)30-14-6-2-7-15-30)41-40-36-18-10-11-19-38(36)46-39(40)28-37-42(41)47-43(44-37)33-16-8-3-9-17-33/h1-28,43-44H. The van der Waals surface area contributed by atoms with E-state index in [0.29, 0.717) is 0 Å². The molecule has 0 saturated carbocycles. The average molecular weight is 639 g/mol. The van der Waals surface area contributed by atoms with Crippen molar-refractivity contribution >= 4 is 66.0 Å². The molecule has 0 saturated heterocycles. The number of hydrogen-bond acceptors (Lipinski definition) is 4. The minimum Gasteiger partial charge on any atom is -0.368 e. The Kier molecular flexibility index (Phi) is 7.03. The van der Waals surface area contributed by atoms with E-state index < -0.39 is 0 Å². The summed E-state index contributed by atoms with van der Waals surface area (Å²) in [5.41, 5.74) is 10.8. The van der Waals surface area contributed by atoms with Crippen molar-refractivity contribution in [1.82, 2.24) is 0 Å². The lowest BCUT2D eigenvalue weighted by atomic mass is 10.0. The second-order valence-corrected chi connectivity index (χ2v) is 14.0. The van der Waals surface area contributed by atoms with E-state index in [4.69, 9.17) is 0 Å². The molecular formula is C43H30N2S2. The third-order valence-electron chi connectivity index (χ3n) is 8.91. The molecule has 1 atom stereocenters. The molecule has 0 bridgehead atoms. The Labute approximate surface area is 283 Å². The highest BCUT2D eigenvalue weighted by atomic mass is 32.2. The maximum absolute atomic E-state index is 3.89. The Morgan fingerprint density at radius 2 is 1.00 bits per heavy atom. The summed E-state index contributed by atoms with van der Waals surface area (Å²) in [5, 5.41) is 6.61. The van der Waals surface area contributed by atoms with Crippen LogP contribution in [0.1, 0.15) is 10.9 Å². The van der Waals surface area contributed by atoms with Gasteiger partial charge >= 0.3 is 0 Å². The van der Waals surface area contributed by atoms with Crippen LogP contribution in [0.25, 0.3) is 42.4 Å². The van der Waals surface area contributed by atoms with Gasteiger partial charge in [0.2, 0.25) is 0 Å². The topological polar surface area (TPSA) is 15.3 Å². The van der Waals surface area contributed by atoms with Crippen molar-refractivity contribution in [2.45, 2.75) is 10.3 Å². The van der Waals surface area contributed by atoms with Crippen LogP contribution in [0.5, 0.6) is 0 Å². The van der Waals surface area contributed by atoms with Crippen LogP contribution in [0.4, 0.5) is 22.7 Å². The van der Waals surface area contributed by atoms with Gasteiger partial charge in [-0.1, -0.05) is 145 Å². The van der Waals surface area contributed by atoms with Crippen molar-refractivity contribution < 1.29 is 0 Å². The molecule has 0 radical (unpaired) electrons. The molecule has 2 heterocycles. The highest BCUT2D eigenvalue weighted by Gasteiger charge is 2.31. The molecule has 9 rings (SSSR count). The molecule has 1 unspecified atom stereocenters. The first-order valence-electron chi connectivity index (χ1n) is 15.9. The van der Waals surface area contributed by atoms with Gasteiger partial charge in [-0.15, -0.1) is 11.3 Å². The lowest BCUT2D eigenvalue weighted by molar-refractivity contribution is 1.13. The van der Waals surface area contributed by atoms with Gasteiger partial charge in [0.15, 0.2) is 0 Å². The number of nitrogens with zero attached hydrogens (tertiary/aromatic N) is 1. The fourth-order valence-corrected chi connectivity index (χ4v) is 9.04. The molecule has 7 aromatic carbocycles. The summed E-state index contributed by atoms with van der Waals surface area (Å²) in [6, 6.07) is 61.3.